The Kier molecular flexibility index (Phi) is 15.3. The number of aliphatic hydroxyl groups is 2. The number of phenolic OH excluding ortho intramolecular Hbond substituents is 1. The molecule has 4 aromatic carbocycles. The molecule has 3 aliphatic rings. The molecule has 0 spiro atoms. The highest BCUT2D eigenvalue weighted by Gasteiger charge is 2.50. The number of allylic oxidation sites excluding steroid dienone is 2. The molecule has 5 aromatic rings. The predicted octanol–water partition coefficient (Wildman–Crippen LogP) is 8.81. The van der Waals surface area contributed by atoms with Crippen LogP contribution in [0.5, 0.6) is 11.5 Å². The smallest absolute Gasteiger partial charge is 0.312 e. The van der Waals surface area contributed by atoms with Gasteiger partial charge in [-0.15, -0.1) is 0 Å². The first kappa shape index (κ1) is 53.5. The Morgan fingerprint density at radius 1 is 0.959 bits per heavy atom. The molecule has 1 aromatic heterocycles. The van der Waals surface area contributed by atoms with Crippen LogP contribution in [0.2, 0.25) is 5.02 Å². The Morgan fingerprint density at radius 2 is 1.68 bits per heavy atom. The molecule has 17 nitrogen and oxygen atoms in total. The number of rotatable bonds is 5. The number of hydrogen-bond donors (Lipinski definition) is 5. The van der Waals surface area contributed by atoms with Gasteiger partial charge in [-0.25, -0.2) is 4.98 Å². The standard InChI is InChI=1S/C56H63ClN4O13/c1-26-13-11-14-27(2)54(68)60-45-49(66)41-40(44-52(45)73-39-24-37(23-28(3)43(39)59-44)61-21-12-15-34(25-61)55(69)58-36-18-16-35(57)17-19-36)42-51(32(7)48(41)65)74-56(9,53(42)67)71-22-20-38(70-10)29(4)50(72-33(8)62)31(6)47(64)30(5)46(26)63/h11,13-14,16-20,22-24,26,29-31,34,38,46-47,50,63-64,66H,12,15,21,25H2,1-10H3,(H,58,69)(H,60,68)/b13-11+,22-20+,27-14-/t26-,29+,30+,31+,34?,38-,46-,47+,50+,56-/m0/s1. The largest absolute Gasteiger partial charge is 0.505 e. The van der Waals surface area contributed by atoms with Crippen molar-refractivity contribution in [2.24, 2.45) is 29.6 Å². The Morgan fingerprint density at radius 3 is 2.36 bits per heavy atom. The number of aliphatic hydroxyl groups excluding tert-OH is 2. The van der Waals surface area contributed by atoms with Crippen LogP contribution in [0.15, 0.2) is 81.7 Å². The number of methoxy groups -OCH3 is 1. The van der Waals surface area contributed by atoms with Crippen LogP contribution in [-0.2, 0) is 28.6 Å². The molecule has 0 aliphatic carbocycles. The van der Waals surface area contributed by atoms with Crippen molar-refractivity contribution >= 4 is 85.2 Å². The number of nitrogens with one attached hydrogen (secondary N) is 2. The molecule has 8 rings (SSSR count). The number of phenols is 1. The number of aryl methyl sites for hydroxylation is 1. The summed E-state index contributed by atoms with van der Waals surface area (Å²) >= 11 is 6.07. The monoisotopic (exact) mass is 1030 g/mol. The summed E-state index contributed by atoms with van der Waals surface area (Å²) in [7, 11) is 1.44. The second kappa shape index (κ2) is 21.2. The molecule has 1 unspecified atom stereocenters. The Labute approximate surface area is 433 Å². The van der Waals surface area contributed by atoms with Gasteiger partial charge in [0.2, 0.25) is 5.91 Å². The van der Waals surface area contributed by atoms with Crippen LogP contribution in [0.1, 0.15) is 82.8 Å². The third-order valence-corrected chi connectivity index (χ3v) is 15.1. The quantitative estimate of drug-likeness (QED) is 0.0479. The van der Waals surface area contributed by atoms with Gasteiger partial charge in [0, 0.05) is 96.7 Å². The Bertz CT molecular complexity index is 3220. The van der Waals surface area contributed by atoms with Crippen LogP contribution in [0, 0.1) is 43.4 Å². The number of aromatic hydroxyl groups is 1. The van der Waals surface area contributed by atoms with E-state index in [1.807, 2.05) is 13.0 Å². The van der Waals surface area contributed by atoms with Gasteiger partial charge in [0.1, 0.15) is 28.6 Å². The highest BCUT2D eigenvalue weighted by Crippen LogP contribution is 2.49. The minimum atomic E-state index is -2.08. The molecule has 1 saturated heterocycles. The zero-order chi connectivity index (χ0) is 53.7. The lowest BCUT2D eigenvalue weighted by Crippen LogP contribution is -2.46. The minimum absolute atomic E-state index is 0.0262. The number of esters is 1. The molecular formula is C56H63ClN4O13. The maximum absolute atomic E-state index is 14.9. The highest BCUT2D eigenvalue weighted by atomic mass is 35.5. The van der Waals surface area contributed by atoms with E-state index in [9.17, 15) is 39.3 Å². The number of nitrogens with zero attached hydrogens (tertiary/aromatic N) is 2. The van der Waals surface area contributed by atoms with Crippen LogP contribution in [0.25, 0.3) is 33.0 Å². The van der Waals surface area contributed by atoms with Crippen molar-refractivity contribution in [2.45, 2.75) is 105 Å². The van der Waals surface area contributed by atoms with E-state index in [0.29, 0.717) is 41.3 Å². The van der Waals surface area contributed by atoms with Crippen LogP contribution >= 0.6 is 11.6 Å². The number of piperidine rings is 1. The van der Waals surface area contributed by atoms with E-state index in [-0.39, 0.29) is 67.4 Å². The van der Waals surface area contributed by atoms with Gasteiger partial charge in [-0.3, -0.25) is 24.0 Å². The zero-order valence-corrected chi connectivity index (χ0v) is 43.8. The topological polar surface area (TPSA) is 236 Å². The van der Waals surface area contributed by atoms with E-state index in [0.717, 1.165) is 12.1 Å². The Balaban J connectivity index is 1.28. The maximum atomic E-state index is 14.9. The van der Waals surface area contributed by atoms with Crippen molar-refractivity contribution in [1.82, 2.24) is 4.98 Å². The molecule has 4 heterocycles. The highest BCUT2D eigenvalue weighted by molar-refractivity contribution is 6.30. The second-order valence-electron chi connectivity index (χ2n) is 20.1. The summed E-state index contributed by atoms with van der Waals surface area (Å²) in [5.41, 5.74) is 1.42. The molecule has 1 fully saturated rings. The fourth-order valence-electron chi connectivity index (χ4n) is 10.4. The van der Waals surface area contributed by atoms with Crippen molar-refractivity contribution in [3.05, 3.63) is 104 Å². The summed E-state index contributed by atoms with van der Waals surface area (Å²) < 4.78 is 30.7. The first-order chi connectivity index (χ1) is 35.0. The molecule has 392 valence electrons. The summed E-state index contributed by atoms with van der Waals surface area (Å²) in [4.78, 5) is 76.9. The van der Waals surface area contributed by atoms with Crippen LogP contribution in [0.3, 0.4) is 0 Å². The molecule has 5 N–H and O–H groups in total. The SMILES string of the molecule is CO[C@H]1/C=C/O[C@@]2(C)Oc3c(C)c(=O)c4c(O)c(c5oc6cc(N7CCCC(C(=O)Nc8ccc(Cl)cc8)C7)cc(C)c6nc5c4c3C2=O)NC(=O)/C(C)=C\C=C\[C@H](C)[C@H](O)[C@@H](C)[C@@H](O)[C@@H](C)[C@H](OC(C)=O)[C@@H]1C. The van der Waals surface area contributed by atoms with E-state index in [1.54, 1.807) is 70.2 Å². The third kappa shape index (κ3) is 10.1. The number of Topliss-reactive ketones (excluding diaryl/α,β-unsaturated/α-hetero) is 1. The Hall–Kier alpha value is -6.79. The van der Waals surface area contributed by atoms with E-state index >= 15 is 0 Å². The lowest BCUT2D eigenvalue weighted by molar-refractivity contribution is -0.160. The van der Waals surface area contributed by atoms with Crippen molar-refractivity contribution < 1.29 is 57.9 Å². The number of carbonyl (C=O) groups excluding carboxylic acids is 4. The fraction of sp³-hybridized carbons (Fsp3) is 0.429. The van der Waals surface area contributed by atoms with E-state index in [1.165, 1.54) is 53.2 Å². The molecule has 18 heteroatoms. The first-order valence-corrected chi connectivity index (χ1v) is 25.2. The molecule has 10 atom stereocenters. The summed E-state index contributed by atoms with van der Waals surface area (Å²) in [5, 5.41) is 41.4. The average molecular weight is 1040 g/mol. The maximum Gasteiger partial charge on any atom is 0.312 e. The van der Waals surface area contributed by atoms with Gasteiger partial charge in [-0.1, -0.05) is 57.5 Å². The second-order valence-corrected chi connectivity index (χ2v) is 20.6. The summed E-state index contributed by atoms with van der Waals surface area (Å²) in [5.74, 6) is -7.95. The first-order valence-electron chi connectivity index (χ1n) is 24.8. The molecule has 4 bridgehead atoms. The molecule has 74 heavy (non-hydrogen) atoms. The molecule has 0 radical (unpaired) electrons. The van der Waals surface area contributed by atoms with Crippen molar-refractivity contribution in [3.63, 3.8) is 0 Å². The van der Waals surface area contributed by atoms with Gasteiger partial charge >= 0.3 is 11.8 Å². The summed E-state index contributed by atoms with van der Waals surface area (Å²) in [6, 6.07) is 10.6. The number of aromatic nitrogens is 1. The number of hydrogen-bond acceptors (Lipinski definition) is 15. The average Bonchev–Trinajstić information content (AvgIpc) is 3.64. The normalized spacial score (nSPS) is 28.6. The summed E-state index contributed by atoms with van der Waals surface area (Å²) in [6.07, 6.45) is 4.90. The zero-order valence-electron chi connectivity index (χ0n) is 43.1. The van der Waals surface area contributed by atoms with Crippen LogP contribution in [-0.4, -0.2) is 94.3 Å². The van der Waals surface area contributed by atoms with Gasteiger partial charge in [0.05, 0.1) is 41.4 Å². The fourth-order valence-corrected chi connectivity index (χ4v) is 10.6. The van der Waals surface area contributed by atoms with Crippen molar-refractivity contribution in [2.75, 3.05) is 35.7 Å². The van der Waals surface area contributed by atoms with Gasteiger partial charge in [-0.2, -0.15) is 0 Å². The molecular weight excluding hydrogens is 972 g/mol. The lowest BCUT2D eigenvalue weighted by atomic mass is 9.78. The van der Waals surface area contributed by atoms with Crippen molar-refractivity contribution in [3.8, 4) is 11.5 Å². The number of ketones is 1. The van der Waals surface area contributed by atoms with Gasteiger partial charge in [0.25, 0.3) is 11.7 Å². The number of halogens is 1. The third-order valence-electron chi connectivity index (χ3n) is 14.9. The van der Waals surface area contributed by atoms with E-state index in [2.05, 4.69) is 15.5 Å². The lowest BCUT2D eigenvalue weighted by Gasteiger charge is -2.38. The number of fused-ring (bicyclic) bond motifs is 2. The number of amides is 2. The van der Waals surface area contributed by atoms with Gasteiger partial charge in [0.15, 0.2) is 22.3 Å². The van der Waals surface area contributed by atoms with Crippen molar-refractivity contribution in [1.29, 1.82) is 0 Å². The van der Waals surface area contributed by atoms with Gasteiger partial charge < -0.3 is 54.2 Å². The number of ether oxygens (including phenoxy) is 4. The summed E-state index contributed by atoms with van der Waals surface area (Å²) in [6.45, 7) is 15.4. The number of benzene rings is 4. The van der Waals surface area contributed by atoms with E-state index in [4.69, 9.17) is 39.9 Å². The predicted molar refractivity (Wildman–Crippen MR) is 282 cm³/mol. The number of carbonyl (C=O) groups is 4. The van der Waals surface area contributed by atoms with Crippen LogP contribution < -0.4 is 25.7 Å². The van der Waals surface area contributed by atoms with Crippen LogP contribution in [0.4, 0.5) is 17.1 Å². The number of anilines is 3. The van der Waals surface area contributed by atoms with Gasteiger partial charge in [-0.05, 0) is 75.6 Å². The minimum Gasteiger partial charge on any atom is -0.505 e. The molecule has 0 saturated carbocycles. The molecule has 2 amide bonds. The van der Waals surface area contributed by atoms with E-state index < -0.39 is 82.7 Å². The molecule has 3 aliphatic heterocycles.